The van der Waals surface area contributed by atoms with Crippen LogP contribution in [-0.2, 0) is 11.3 Å². The highest BCUT2D eigenvalue weighted by atomic mass is 19.3. The van der Waals surface area contributed by atoms with E-state index in [1.165, 1.54) is 6.07 Å². The summed E-state index contributed by atoms with van der Waals surface area (Å²) in [6, 6.07) is 14.6. The normalized spacial score (nSPS) is 11.9. The third kappa shape index (κ3) is 6.24. The van der Waals surface area contributed by atoms with Crippen LogP contribution in [0.2, 0.25) is 0 Å². The SMILES string of the molecule is CCOc1cc(CN(C)C(=O)CC(C)c2ccccc2)ccc1OC(F)F. The van der Waals surface area contributed by atoms with Crippen LogP contribution in [0.5, 0.6) is 11.5 Å². The molecular weight excluding hydrogens is 352 g/mol. The van der Waals surface area contributed by atoms with E-state index in [-0.39, 0.29) is 23.3 Å². The Balaban J connectivity index is 2.02. The van der Waals surface area contributed by atoms with Crippen LogP contribution >= 0.6 is 0 Å². The summed E-state index contributed by atoms with van der Waals surface area (Å²) in [5, 5.41) is 0. The zero-order chi connectivity index (χ0) is 19.8. The lowest BCUT2D eigenvalue weighted by molar-refractivity contribution is -0.130. The number of amides is 1. The van der Waals surface area contributed by atoms with Crippen molar-refractivity contribution in [2.24, 2.45) is 0 Å². The standard InChI is InChI=1S/C21H25F2NO3/c1-4-26-19-13-16(10-11-18(19)27-21(22)23)14-24(3)20(25)12-15(2)17-8-6-5-7-9-17/h5-11,13,15,21H,4,12,14H2,1-3H3. The summed E-state index contributed by atoms with van der Waals surface area (Å²) < 4.78 is 34.8. The van der Waals surface area contributed by atoms with Crippen LogP contribution in [-0.4, -0.2) is 31.1 Å². The van der Waals surface area contributed by atoms with Crippen molar-refractivity contribution in [1.82, 2.24) is 4.90 Å². The summed E-state index contributed by atoms with van der Waals surface area (Å²) in [6.45, 7) is 1.55. The van der Waals surface area contributed by atoms with Crippen LogP contribution in [0.1, 0.15) is 37.3 Å². The van der Waals surface area contributed by atoms with Crippen LogP contribution in [0, 0.1) is 0 Å². The monoisotopic (exact) mass is 377 g/mol. The first-order chi connectivity index (χ1) is 12.9. The van der Waals surface area contributed by atoms with Gasteiger partial charge >= 0.3 is 6.61 Å². The van der Waals surface area contributed by atoms with Crippen LogP contribution in [0.25, 0.3) is 0 Å². The lowest BCUT2D eigenvalue weighted by atomic mass is 9.97. The van der Waals surface area contributed by atoms with Gasteiger partial charge in [0.2, 0.25) is 5.91 Å². The number of hydrogen-bond donors (Lipinski definition) is 0. The first-order valence-electron chi connectivity index (χ1n) is 8.90. The second-order valence-electron chi connectivity index (χ2n) is 6.36. The fraction of sp³-hybridized carbons (Fsp3) is 0.381. The average molecular weight is 377 g/mol. The molecule has 0 fully saturated rings. The van der Waals surface area contributed by atoms with Crippen molar-refractivity contribution in [2.45, 2.75) is 39.3 Å². The molecule has 6 heteroatoms. The molecule has 0 spiro atoms. The molecule has 2 rings (SSSR count). The van der Waals surface area contributed by atoms with Crippen LogP contribution < -0.4 is 9.47 Å². The van der Waals surface area contributed by atoms with Gasteiger partial charge in [-0.05, 0) is 36.1 Å². The topological polar surface area (TPSA) is 38.8 Å². The van der Waals surface area contributed by atoms with Crippen molar-refractivity contribution in [3.05, 3.63) is 59.7 Å². The molecule has 1 atom stereocenters. The number of alkyl halides is 2. The van der Waals surface area contributed by atoms with Gasteiger partial charge in [-0.2, -0.15) is 8.78 Å². The van der Waals surface area contributed by atoms with E-state index in [0.29, 0.717) is 19.6 Å². The lowest BCUT2D eigenvalue weighted by Gasteiger charge is -2.21. The predicted molar refractivity (Wildman–Crippen MR) is 100 cm³/mol. The van der Waals surface area contributed by atoms with Gasteiger partial charge in [-0.1, -0.05) is 43.3 Å². The van der Waals surface area contributed by atoms with Crippen molar-refractivity contribution in [3.8, 4) is 11.5 Å². The van der Waals surface area contributed by atoms with Crippen molar-refractivity contribution in [1.29, 1.82) is 0 Å². The van der Waals surface area contributed by atoms with E-state index < -0.39 is 6.61 Å². The zero-order valence-electron chi connectivity index (χ0n) is 15.8. The van der Waals surface area contributed by atoms with Crippen molar-refractivity contribution in [2.75, 3.05) is 13.7 Å². The molecule has 27 heavy (non-hydrogen) atoms. The maximum atomic E-state index is 12.5. The Morgan fingerprint density at radius 1 is 1.11 bits per heavy atom. The highest BCUT2D eigenvalue weighted by Crippen LogP contribution is 2.30. The number of carbonyl (C=O) groups is 1. The van der Waals surface area contributed by atoms with E-state index in [2.05, 4.69) is 4.74 Å². The molecule has 0 bridgehead atoms. The molecule has 0 aliphatic heterocycles. The molecule has 146 valence electrons. The van der Waals surface area contributed by atoms with E-state index in [0.717, 1.165) is 11.1 Å². The van der Waals surface area contributed by atoms with Gasteiger partial charge in [-0.25, -0.2) is 0 Å². The number of hydrogen-bond acceptors (Lipinski definition) is 3. The minimum absolute atomic E-state index is 0.0113. The minimum Gasteiger partial charge on any atom is -0.490 e. The summed E-state index contributed by atoms with van der Waals surface area (Å²) in [6.07, 6.45) is 0.394. The second-order valence-corrected chi connectivity index (χ2v) is 6.36. The largest absolute Gasteiger partial charge is 0.490 e. The van der Waals surface area contributed by atoms with Crippen LogP contribution in [0.4, 0.5) is 8.78 Å². The first-order valence-corrected chi connectivity index (χ1v) is 8.90. The number of nitrogens with zero attached hydrogens (tertiary/aromatic N) is 1. The first kappa shape index (κ1) is 20.7. The van der Waals surface area contributed by atoms with E-state index in [1.54, 1.807) is 31.0 Å². The van der Waals surface area contributed by atoms with Gasteiger partial charge in [0.25, 0.3) is 0 Å². The minimum atomic E-state index is -2.92. The third-order valence-corrected chi connectivity index (χ3v) is 4.22. The molecule has 0 N–H and O–H groups in total. The molecule has 0 aliphatic rings. The molecule has 4 nitrogen and oxygen atoms in total. The van der Waals surface area contributed by atoms with Gasteiger partial charge in [0.15, 0.2) is 11.5 Å². The smallest absolute Gasteiger partial charge is 0.387 e. The lowest BCUT2D eigenvalue weighted by Crippen LogP contribution is -2.27. The molecular formula is C21H25F2NO3. The van der Waals surface area contributed by atoms with E-state index in [1.807, 2.05) is 37.3 Å². The number of halogens is 2. The number of carbonyl (C=O) groups excluding carboxylic acids is 1. The number of benzene rings is 2. The molecule has 2 aromatic carbocycles. The summed E-state index contributed by atoms with van der Waals surface area (Å²) in [5.41, 5.74) is 1.90. The average Bonchev–Trinajstić information content (AvgIpc) is 2.64. The van der Waals surface area contributed by atoms with Gasteiger partial charge in [0.1, 0.15) is 0 Å². The molecule has 0 aliphatic carbocycles. The van der Waals surface area contributed by atoms with Gasteiger partial charge in [0.05, 0.1) is 6.61 Å². The van der Waals surface area contributed by atoms with Gasteiger partial charge < -0.3 is 14.4 Å². The van der Waals surface area contributed by atoms with E-state index in [4.69, 9.17) is 4.74 Å². The van der Waals surface area contributed by atoms with E-state index >= 15 is 0 Å². The fourth-order valence-electron chi connectivity index (χ4n) is 2.79. The number of ether oxygens (including phenoxy) is 2. The maximum absolute atomic E-state index is 12.5. The maximum Gasteiger partial charge on any atom is 0.387 e. The molecule has 1 unspecified atom stereocenters. The van der Waals surface area contributed by atoms with Gasteiger partial charge in [-0.3, -0.25) is 4.79 Å². The van der Waals surface area contributed by atoms with Crippen LogP contribution in [0.3, 0.4) is 0 Å². The highest BCUT2D eigenvalue weighted by molar-refractivity contribution is 5.76. The summed E-state index contributed by atoms with van der Waals surface area (Å²) in [7, 11) is 1.73. The Bertz CT molecular complexity index is 737. The molecule has 2 aromatic rings. The third-order valence-electron chi connectivity index (χ3n) is 4.22. The van der Waals surface area contributed by atoms with Crippen molar-refractivity contribution < 1.29 is 23.0 Å². The quantitative estimate of drug-likeness (QED) is 0.628. The van der Waals surface area contributed by atoms with Gasteiger partial charge in [0, 0.05) is 20.0 Å². The Morgan fingerprint density at radius 3 is 2.44 bits per heavy atom. The van der Waals surface area contributed by atoms with Gasteiger partial charge in [-0.15, -0.1) is 0 Å². The fourth-order valence-corrected chi connectivity index (χ4v) is 2.79. The zero-order valence-corrected chi connectivity index (χ0v) is 15.8. The number of rotatable bonds is 9. The van der Waals surface area contributed by atoms with Crippen LogP contribution in [0.15, 0.2) is 48.5 Å². The Kier molecular flexibility index (Phi) is 7.58. The Morgan fingerprint density at radius 2 is 1.81 bits per heavy atom. The molecule has 1 amide bonds. The summed E-state index contributed by atoms with van der Waals surface area (Å²) in [5.74, 6) is 0.357. The van der Waals surface area contributed by atoms with E-state index in [9.17, 15) is 13.6 Å². The predicted octanol–water partition coefficient (Wildman–Crippen LogP) is 4.84. The molecule has 0 heterocycles. The summed E-state index contributed by atoms with van der Waals surface area (Å²) >= 11 is 0. The molecule has 0 saturated carbocycles. The summed E-state index contributed by atoms with van der Waals surface area (Å²) in [4.78, 5) is 14.1. The molecule has 0 radical (unpaired) electrons. The Hall–Kier alpha value is -2.63. The molecule has 0 aromatic heterocycles. The van der Waals surface area contributed by atoms with Crippen molar-refractivity contribution >= 4 is 5.91 Å². The van der Waals surface area contributed by atoms with Crippen molar-refractivity contribution in [3.63, 3.8) is 0 Å². The molecule has 0 saturated heterocycles. The second kappa shape index (κ2) is 9.90. The highest BCUT2D eigenvalue weighted by Gasteiger charge is 2.17. The Labute approximate surface area is 158 Å².